The Morgan fingerprint density at radius 1 is 1.29 bits per heavy atom. The van der Waals surface area contributed by atoms with Crippen LogP contribution >= 0.6 is 24.0 Å². The van der Waals surface area contributed by atoms with Crippen LogP contribution in [0.15, 0.2) is 29.3 Å². The molecule has 0 saturated heterocycles. The summed E-state index contributed by atoms with van der Waals surface area (Å²) in [5.74, 6) is 1.99. The average molecular weight is 502 g/mol. The van der Waals surface area contributed by atoms with E-state index < -0.39 is 0 Å². The molecule has 0 spiro atoms. The number of halogens is 1. The quantitative estimate of drug-likeness (QED) is 0.187. The van der Waals surface area contributed by atoms with E-state index in [1.807, 2.05) is 38.1 Å². The van der Waals surface area contributed by atoms with Crippen molar-refractivity contribution in [3.63, 3.8) is 0 Å². The second-order valence-corrected chi connectivity index (χ2v) is 7.57. The van der Waals surface area contributed by atoms with Gasteiger partial charge in [-0.3, -0.25) is 9.79 Å². The Bertz CT molecular complexity index is 618. The minimum atomic E-state index is 0. The predicted molar refractivity (Wildman–Crippen MR) is 126 cm³/mol. The topological polar surface area (TPSA) is 74.8 Å². The number of aliphatic imine (C=N–C) groups is 1. The van der Waals surface area contributed by atoms with Crippen LogP contribution in [-0.4, -0.2) is 38.7 Å². The lowest BCUT2D eigenvalue weighted by Gasteiger charge is -2.13. The molecule has 0 heterocycles. The molecule has 0 unspecified atom stereocenters. The second kappa shape index (κ2) is 13.8. The summed E-state index contributed by atoms with van der Waals surface area (Å²) in [7, 11) is 1.77. The van der Waals surface area contributed by atoms with Crippen molar-refractivity contribution in [3.8, 4) is 0 Å². The predicted octanol–water partition coefficient (Wildman–Crippen LogP) is 3.77. The minimum absolute atomic E-state index is 0. The fraction of sp³-hybridized carbons (Fsp3) is 0.619. The zero-order valence-electron chi connectivity index (χ0n) is 17.3. The second-order valence-electron chi connectivity index (χ2n) is 7.57. The van der Waals surface area contributed by atoms with Gasteiger partial charge in [-0.05, 0) is 48.8 Å². The zero-order valence-corrected chi connectivity index (χ0v) is 19.6. The molecule has 0 radical (unpaired) electrons. The van der Waals surface area contributed by atoms with Gasteiger partial charge in [-0.1, -0.05) is 26.0 Å². The van der Waals surface area contributed by atoms with Crippen LogP contribution in [0.1, 0.15) is 45.1 Å². The number of rotatable bonds is 11. The Labute approximate surface area is 186 Å². The Morgan fingerprint density at radius 3 is 2.75 bits per heavy atom. The number of hydrogen-bond donors (Lipinski definition) is 3. The summed E-state index contributed by atoms with van der Waals surface area (Å²) >= 11 is 0. The molecule has 1 amide bonds. The standard InChI is InChI=1S/C21H34N4O2.HI/c1-16(2)12-20(26)25-19-7-4-6-18(13-19)14-24-21(22-3)23-10-5-11-27-15-17-8-9-17;/h4,6-7,13,16-17H,5,8-12,14-15H2,1-3H3,(H,25,26)(H2,22,23,24);1H. The Kier molecular flexibility index (Phi) is 12.1. The largest absolute Gasteiger partial charge is 0.381 e. The third-order valence-corrected chi connectivity index (χ3v) is 4.30. The minimum Gasteiger partial charge on any atom is -0.381 e. The van der Waals surface area contributed by atoms with Gasteiger partial charge in [0.05, 0.1) is 0 Å². The summed E-state index contributed by atoms with van der Waals surface area (Å²) in [5, 5.41) is 9.56. The fourth-order valence-electron chi connectivity index (χ4n) is 2.66. The molecule has 0 aliphatic heterocycles. The van der Waals surface area contributed by atoms with Crippen molar-refractivity contribution in [2.45, 2.75) is 46.1 Å². The normalized spacial score (nSPS) is 13.8. The molecule has 7 heteroatoms. The van der Waals surface area contributed by atoms with E-state index in [4.69, 9.17) is 4.74 Å². The summed E-state index contributed by atoms with van der Waals surface area (Å²) in [6, 6.07) is 7.89. The van der Waals surface area contributed by atoms with Gasteiger partial charge in [0.25, 0.3) is 0 Å². The van der Waals surface area contributed by atoms with Crippen LogP contribution in [-0.2, 0) is 16.1 Å². The molecule has 158 valence electrons. The highest BCUT2D eigenvalue weighted by Crippen LogP contribution is 2.28. The highest BCUT2D eigenvalue weighted by atomic mass is 127. The van der Waals surface area contributed by atoms with E-state index in [9.17, 15) is 4.79 Å². The highest BCUT2D eigenvalue weighted by molar-refractivity contribution is 14.0. The number of nitrogens with zero attached hydrogens (tertiary/aromatic N) is 1. The van der Waals surface area contributed by atoms with Crippen LogP contribution in [0.4, 0.5) is 5.69 Å². The molecule has 1 aromatic rings. The van der Waals surface area contributed by atoms with Crippen LogP contribution < -0.4 is 16.0 Å². The van der Waals surface area contributed by atoms with Crippen LogP contribution in [0.2, 0.25) is 0 Å². The lowest BCUT2D eigenvalue weighted by Crippen LogP contribution is -2.37. The molecule has 28 heavy (non-hydrogen) atoms. The number of nitrogens with one attached hydrogen (secondary N) is 3. The lowest BCUT2D eigenvalue weighted by molar-refractivity contribution is -0.116. The van der Waals surface area contributed by atoms with E-state index in [2.05, 4.69) is 20.9 Å². The van der Waals surface area contributed by atoms with E-state index >= 15 is 0 Å². The van der Waals surface area contributed by atoms with Gasteiger partial charge in [-0.2, -0.15) is 0 Å². The van der Waals surface area contributed by atoms with Gasteiger partial charge in [0, 0.05) is 45.5 Å². The number of carbonyl (C=O) groups is 1. The van der Waals surface area contributed by atoms with Gasteiger partial charge < -0.3 is 20.7 Å². The van der Waals surface area contributed by atoms with Gasteiger partial charge in [-0.25, -0.2) is 0 Å². The molecule has 2 rings (SSSR count). The average Bonchev–Trinajstić information content (AvgIpc) is 3.44. The molecule has 3 N–H and O–H groups in total. The van der Waals surface area contributed by atoms with E-state index in [0.29, 0.717) is 18.9 Å². The maximum atomic E-state index is 11.9. The maximum Gasteiger partial charge on any atom is 0.224 e. The first-order valence-corrected chi connectivity index (χ1v) is 9.98. The van der Waals surface area contributed by atoms with Gasteiger partial charge in [0.2, 0.25) is 5.91 Å². The summed E-state index contributed by atoms with van der Waals surface area (Å²) in [5.41, 5.74) is 1.92. The Morgan fingerprint density at radius 2 is 2.07 bits per heavy atom. The number of benzene rings is 1. The van der Waals surface area contributed by atoms with E-state index in [-0.39, 0.29) is 29.9 Å². The molecular weight excluding hydrogens is 467 g/mol. The first-order valence-electron chi connectivity index (χ1n) is 9.98. The number of amides is 1. The first-order chi connectivity index (χ1) is 13.1. The van der Waals surface area contributed by atoms with Gasteiger partial charge in [-0.15, -0.1) is 24.0 Å². The van der Waals surface area contributed by atoms with Crippen LogP contribution in [0, 0.1) is 11.8 Å². The van der Waals surface area contributed by atoms with Crippen molar-refractivity contribution in [1.29, 1.82) is 0 Å². The number of carbonyl (C=O) groups excluding carboxylic acids is 1. The number of ether oxygens (including phenoxy) is 1. The van der Waals surface area contributed by atoms with Crippen molar-refractivity contribution < 1.29 is 9.53 Å². The van der Waals surface area contributed by atoms with E-state index in [1.165, 1.54) is 12.8 Å². The van der Waals surface area contributed by atoms with Gasteiger partial charge in [0.1, 0.15) is 0 Å². The smallest absolute Gasteiger partial charge is 0.224 e. The molecular formula is C21H35IN4O2. The SMILES string of the molecule is CN=C(NCCCOCC1CC1)NCc1cccc(NC(=O)CC(C)C)c1.I. The van der Waals surface area contributed by atoms with Crippen LogP contribution in [0.3, 0.4) is 0 Å². The third-order valence-electron chi connectivity index (χ3n) is 4.30. The molecule has 1 saturated carbocycles. The summed E-state index contributed by atoms with van der Waals surface area (Å²) in [4.78, 5) is 16.2. The molecule has 1 aliphatic rings. The summed E-state index contributed by atoms with van der Waals surface area (Å²) in [6.07, 6.45) is 4.16. The van der Waals surface area contributed by atoms with Crippen molar-refractivity contribution >= 4 is 41.5 Å². The number of guanidine groups is 1. The summed E-state index contributed by atoms with van der Waals surface area (Å²) in [6.45, 7) is 7.26. The first kappa shape index (κ1) is 24.7. The fourth-order valence-corrected chi connectivity index (χ4v) is 2.66. The molecule has 6 nitrogen and oxygen atoms in total. The molecule has 0 aromatic heterocycles. The monoisotopic (exact) mass is 502 g/mol. The molecule has 1 fully saturated rings. The third kappa shape index (κ3) is 10.8. The lowest BCUT2D eigenvalue weighted by atomic mass is 10.1. The van der Waals surface area contributed by atoms with Crippen molar-refractivity contribution in [3.05, 3.63) is 29.8 Å². The Balaban J connectivity index is 0.00000392. The molecule has 1 aromatic carbocycles. The molecule has 1 aliphatic carbocycles. The van der Waals surface area contributed by atoms with Crippen LogP contribution in [0.25, 0.3) is 0 Å². The van der Waals surface area contributed by atoms with E-state index in [1.54, 1.807) is 7.05 Å². The summed E-state index contributed by atoms with van der Waals surface area (Å²) < 4.78 is 5.64. The maximum absolute atomic E-state index is 11.9. The van der Waals surface area contributed by atoms with Gasteiger partial charge >= 0.3 is 0 Å². The zero-order chi connectivity index (χ0) is 19.5. The van der Waals surface area contributed by atoms with Crippen LogP contribution in [0.5, 0.6) is 0 Å². The van der Waals surface area contributed by atoms with E-state index in [0.717, 1.165) is 49.3 Å². The molecule has 0 atom stereocenters. The van der Waals surface area contributed by atoms with Crippen molar-refractivity contribution in [2.24, 2.45) is 16.8 Å². The van der Waals surface area contributed by atoms with Crippen molar-refractivity contribution in [2.75, 3.05) is 32.1 Å². The van der Waals surface area contributed by atoms with Gasteiger partial charge in [0.15, 0.2) is 5.96 Å². The Hall–Kier alpha value is -1.35. The number of anilines is 1. The number of hydrogen-bond acceptors (Lipinski definition) is 3. The van der Waals surface area contributed by atoms with Crippen molar-refractivity contribution in [1.82, 2.24) is 10.6 Å². The molecule has 0 bridgehead atoms. The highest BCUT2D eigenvalue weighted by Gasteiger charge is 2.20.